The van der Waals surface area contributed by atoms with E-state index in [1.807, 2.05) is 19.1 Å². The Balaban J connectivity index is 2.30. The highest BCUT2D eigenvalue weighted by Gasteiger charge is 2.44. The maximum atomic E-state index is 13.0. The van der Waals surface area contributed by atoms with Gasteiger partial charge in [-0.2, -0.15) is 4.90 Å². The van der Waals surface area contributed by atoms with Crippen LogP contribution in [0.1, 0.15) is 54.0 Å². The zero-order chi connectivity index (χ0) is 26.6. The third-order valence-electron chi connectivity index (χ3n) is 4.79. The first-order valence-electron chi connectivity index (χ1n) is 11.5. The minimum Gasteiger partial charge on any atom is -0.485 e. The predicted molar refractivity (Wildman–Crippen MR) is 126 cm³/mol. The first kappa shape index (κ1) is 28.4. The number of hydrogen-bond donors (Lipinski definition) is 1. The van der Waals surface area contributed by atoms with E-state index in [1.165, 1.54) is 6.92 Å². The molecular weight excluding hydrogens is 458 g/mol. The van der Waals surface area contributed by atoms with E-state index in [4.69, 9.17) is 23.7 Å². The molecule has 4 atom stereocenters. The molecule has 35 heavy (non-hydrogen) atoms. The van der Waals surface area contributed by atoms with Gasteiger partial charge in [-0.05, 0) is 67.5 Å². The van der Waals surface area contributed by atoms with Crippen molar-refractivity contribution in [2.45, 2.75) is 90.9 Å². The third kappa shape index (κ3) is 8.70. The van der Waals surface area contributed by atoms with Crippen molar-refractivity contribution >= 4 is 18.2 Å². The Hall–Kier alpha value is -2.85. The average Bonchev–Trinajstić information content (AvgIpc) is 2.73. The molecule has 0 bridgehead atoms. The lowest BCUT2D eigenvalue weighted by molar-refractivity contribution is -0.161. The van der Waals surface area contributed by atoms with Gasteiger partial charge in [0.15, 0.2) is 12.1 Å². The molecule has 2 rings (SSSR count). The van der Waals surface area contributed by atoms with Gasteiger partial charge in [-0.3, -0.25) is 0 Å². The van der Waals surface area contributed by atoms with Crippen LogP contribution in [-0.2, 0) is 23.7 Å². The summed E-state index contributed by atoms with van der Waals surface area (Å²) in [5.41, 5.74) is -0.855. The van der Waals surface area contributed by atoms with E-state index in [1.54, 1.807) is 53.7 Å². The fraction of sp³-hybridized carbons (Fsp3) is 0.640. The molecule has 1 heterocycles. The van der Waals surface area contributed by atoms with Gasteiger partial charge in [-0.15, -0.1) is 0 Å². The molecule has 4 unspecified atom stereocenters. The van der Waals surface area contributed by atoms with Crippen molar-refractivity contribution in [1.29, 1.82) is 0 Å². The second-order valence-electron chi connectivity index (χ2n) is 10.5. The van der Waals surface area contributed by atoms with Crippen molar-refractivity contribution in [3.63, 3.8) is 0 Å². The van der Waals surface area contributed by atoms with E-state index in [0.717, 1.165) is 5.56 Å². The van der Waals surface area contributed by atoms with Crippen LogP contribution in [0.5, 0.6) is 5.75 Å². The number of aryl methyl sites for hydroxylation is 1. The highest BCUT2D eigenvalue weighted by Crippen LogP contribution is 2.22. The van der Waals surface area contributed by atoms with Crippen molar-refractivity contribution in [1.82, 2.24) is 4.90 Å². The summed E-state index contributed by atoms with van der Waals surface area (Å²) in [6.07, 6.45) is -5.32. The summed E-state index contributed by atoms with van der Waals surface area (Å²) < 4.78 is 27.7. The standard InChI is InChI=1S/C25H37NO9/c1-15-9-11-17(12-10-15)33-19-14-31-13-18(21(28)32-16(2)20(19)27)26(22(29)34-24(3,4)5)23(30)35-25(6,7)8/h9-12,16,18-20,27H,13-14H2,1-8H3. The molecule has 0 spiro atoms. The van der Waals surface area contributed by atoms with Crippen molar-refractivity contribution in [2.24, 2.45) is 0 Å². The number of imide groups is 1. The Labute approximate surface area is 206 Å². The van der Waals surface area contributed by atoms with Crippen molar-refractivity contribution in [3.8, 4) is 5.75 Å². The number of aliphatic hydroxyl groups excluding tert-OH is 1. The molecule has 0 radical (unpaired) electrons. The third-order valence-corrected chi connectivity index (χ3v) is 4.79. The van der Waals surface area contributed by atoms with Crippen LogP contribution in [0.3, 0.4) is 0 Å². The molecule has 1 aromatic rings. The van der Waals surface area contributed by atoms with Crippen LogP contribution in [0, 0.1) is 6.92 Å². The summed E-state index contributed by atoms with van der Waals surface area (Å²) in [6, 6.07) is 5.71. The zero-order valence-electron chi connectivity index (χ0n) is 21.7. The van der Waals surface area contributed by atoms with Crippen LogP contribution in [0.25, 0.3) is 0 Å². The fourth-order valence-corrected chi connectivity index (χ4v) is 3.12. The smallest absolute Gasteiger partial charge is 0.420 e. The van der Waals surface area contributed by atoms with Crippen molar-refractivity contribution in [3.05, 3.63) is 29.8 Å². The van der Waals surface area contributed by atoms with Crippen LogP contribution < -0.4 is 4.74 Å². The topological polar surface area (TPSA) is 121 Å². The number of aliphatic hydroxyl groups is 1. The first-order chi connectivity index (χ1) is 16.1. The number of benzene rings is 1. The minimum absolute atomic E-state index is 0.136. The lowest BCUT2D eigenvalue weighted by Gasteiger charge is -2.32. The Bertz CT molecular complexity index is 858. The predicted octanol–water partition coefficient (Wildman–Crippen LogP) is 3.61. The van der Waals surface area contributed by atoms with E-state index >= 15 is 0 Å². The molecule has 0 aliphatic carbocycles. The number of esters is 1. The minimum atomic E-state index is -1.51. The molecule has 196 valence electrons. The maximum absolute atomic E-state index is 13.0. The molecule has 1 aliphatic rings. The van der Waals surface area contributed by atoms with E-state index in [2.05, 4.69) is 0 Å². The van der Waals surface area contributed by atoms with Crippen LogP contribution in [-0.4, -0.2) is 76.9 Å². The Morgan fingerprint density at radius 3 is 1.97 bits per heavy atom. The number of hydrogen-bond acceptors (Lipinski definition) is 9. The largest absolute Gasteiger partial charge is 0.485 e. The van der Waals surface area contributed by atoms with Gasteiger partial charge in [0.25, 0.3) is 0 Å². The number of carbonyl (C=O) groups excluding carboxylic acids is 3. The van der Waals surface area contributed by atoms with Gasteiger partial charge < -0.3 is 28.8 Å². The van der Waals surface area contributed by atoms with Gasteiger partial charge >= 0.3 is 18.2 Å². The molecule has 1 fully saturated rings. The zero-order valence-corrected chi connectivity index (χ0v) is 21.7. The highest BCUT2D eigenvalue weighted by atomic mass is 16.6. The number of cyclic esters (lactones) is 1. The molecule has 1 N–H and O–H groups in total. The van der Waals surface area contributed by atoms with E-state index in [0.29, 0.717) is 10.6 Å². The second-order valence-corrected chi connectivity index (χ2v) is 10.5. The first-order valence-corrected chi connectivity index (χ1v) is 11.5. The lowest BCUT2D eigenvalue weighted by atomic mass is 10.1. The van der Waals surface area contributed by atoms with Crippen LogP contribution in [0.15, 0.2) is 24.3 Å². The van der Waals surface area contributed by atoms with Gasteiger partial charge in [-0.25, -0.2) is 14.4 Å². The highest BCUT2D eigenvalue weighted by molar-refractivity contribution is 5.94. The summed E-state index contributed by atoms with van der Waals surface area (Å²) in [5, 5.41) is 10.8. The molecule has 10 heteroatoms. The summed E-state index contributed by atoms with van der Waals surface area (Å²) in [7, 11) is 0. The number of amides is 2. The Morgan fingerprint density at radius 2 is 1.49 bits per heavy atom. The van der Waals surface area contributed by atoms with Gasteiger partial charge in [0.1, 0.15) is 29.2 Å². The normalized spacial score (nSPS) is 23.7. The maximum Gasteiger partial charge on any atom is 0.420 e. The quantitative estimate of drug-likeness (QED) is 0.495. The van der Waals surface area contributed by atoms with Gasteiger partial charge in [0.2, 0.25) is 0 Å². The summed E-state index contributed by atoms with van der Waals surface area (Å²) >= 11 is 0. The molecule has 1 aromatic carbocycles. The molecule has 2 amide bonds. The van der Waals surface area contributed by atoms with Gasteiger partial charge in [0.05, 0.1) is 13.2 Å². The van der Waals surface area contributed by atoms with E-state index < -0.39 is 60.3 Å². The second kappa shape index (κ2) is 11.3. The Kier molecular flexibility index (Phi) is 9.13. The summed E-state index contributed by atoms with van der Waals surface area (Å²) in [5.74, 6) is -0.453. The summed E-state index contributed by atoms with van der Waals surface area (Å²) in [6.45, 7) is 12.6. The van der Waals surface area contributed by atoms with E-state index in [9.17, 15) is 19.5 Å². The molecule has 0 aromatic heterocycles. The Morgan fingerprint density at radius 1 is 0.971 bits per heavy atom. The van der Waals surface area contributed by atoms with Gasteiger partial charge in [-0.1, -0.05) is 17.7 Å². The monoisotopic (exact) mass is 495 g/mol. The number of ether oxygens (including phenoxy) is 5. The molecular formula is C25H37NO9. The van der Waals surface area contributed by atoms with E-state index in [-0.39, 0.29) is 6.61 Å². The van der Waals surface area contributed by atoms with Crippen LogP contribution in [0.2, 0.25) is 0 Å². The molecule has 1 saturated heterocycles. The van der Waals surface area contributed by atoms with Crippen LogP contribution in [0.4, 0.5) is 9.59 Å². The fourth-order valence-electron chi connectivity index (χ4n) is 3.12. The molecule has 1 aliphatic heterocycles. The summed E-state index contributed by atoms with van der Waals surface area (Å²) in [4.78, 5) is 39.5. The number of carbonyl (C=O) groups is 3. The van der Waals surface area contributed by atoms with Gasteiger partial charge in [0, 0.05) is 0 Å². The van der Waals surface area contributed by atoms with Crippen LogP contribution >= 0.6 is 0 Å². The SMILES string of the molecule is Cc1ccc(OC2COCC(N(C(=O)OC(C)(C)C)C(=O)OC(C)(C)C)C(=O)OC(C)C2O)cc1. The van der Waals surface area contributed by atoms with Crippen molar-refractivity contribution < 1.29 is 43.2 Å². The average molecular weight is 496 g/mol. The molecule has 0 saturated carbocycles. The van der Waals surface area contributed by atoms with Crippen molar-refractivity contribution in [2.75, 3.05) is 13.2 Å². The number of nitrogens with zero attached hydrogens (tertiary/aromatic N) is 1. The molecule has 10 nitrogen and oxygen atoms in total. The number of rotatable bonds is 3. The lowest BCUT2D eigenvalue weighted by Crippen LogP contribution is -2.54.